The normalized spacial score (nSPS) is 15.5. The fourth-order valence-electron chi connectivity index (χ4n) is 3.62. The molecule has 0 atom stereocenters. The van der Waals surface area contributed by atoms with Gasteiger partial charge in [-0.25, -0.2) is 13.4 Å². The van der Waals surface area contributed by atoms with Crippen molar-refractivity contribution in [3.63, 3.8) is 0 Å². The lowest BCUT2D eigenvalue weighted by Gasteiger charge is -2.24. The molecule has 6 nitrogen and oxygen atoms in total. The van der Waals surface area contributed by atoms with Crippen LogP contribution in [0.2, 0.25) is 0 Å². The molecule has 0 amide bonds. The Balaban J connectivity index is 1.67. The van der Waals surface area contributed by atoms with Crippen molar-refractivity contribution in [1.29, 1.82) is 0 Å². The lowest BCUT2D eigenvalue weighted by atomic mass is 9.95. The quantitative estimate of drug-likeness (QED) is 0.660. The van der Waals surface area contributed by atoms with E-state index in [0.717, 1.165) is 29.6 Å². The van der Waals surface area contributed by atoms with Crippen LogP contribution in [0.15, 0.2) is 53.4 Å². The van der Waals surface area contributed by atoms with E-state index in [1.165, 1.54) is 25.5 Å². The predicted octanol–water partition coefficient (Wildman–Crippen LogP) is 4.52. The summed E-state index contributed by atoms with van der Waals surface area (Å²) in [5.41, 5.74) is 1.49. The number of anilines is 3. The van der Waals surface area contributed by atoms with E-state index in [0.29, 0.717) is 17.7 Å². The summed E-state index contributed by atoms with van der Waals surface area (Å²) >= 11 is 0. The molecule has 1 aliphatic carbocycles. The molecular weight excluding hydrogens is 372 g/mol. The lowest BCUT2D eigenvalue weighted by Crippen LogP contribution is -2.23. The van der Waals surface area contributed by atoms with E-state index in [1.54, 1.807) is 18.2 Å². The van der Waals surface area contributed by atoms with Gasteiger partial charge in [-0.05, 0) is 43.2 Å². The van der Waals surface area contributed by atoms with Crippen LogP contribution in [-0.2, 0) is 9.84 Å². The highest BCUT2D eigenvalue weighted by Gasteiger charge is 2.16. The average molecular weight is 397 g/mol. The van der Waals surface area contributed by atoms with Gasteiger partial charge in [0.2, 0.25) is 5.95 Å². The third kappa shape index (κ3) is 4.25. The topological polar surface area (TPSA) is 84.0 Å². The molecule has 0 saturated heterocycles. The van der Waals surface area contributed by atoms with Crippen LogP contribution in [0.5, 0.6) is 0 Å². The van der Waals surface area contributed by atoms with Crippen molar-refractivity contribution in [1.82, 2.24) is 9.97 Å². The smallest absolute Gasteiger partial charge is 0.229 e. The van der Waals surface area contributed by atoms with Crippen LogP contribution in [0.3, 0.4) is 0 Å². The Morgan fingerprint density at radius 3 is 2.54 bits per heavy atom. The summed E-state index contributed by atoms with van der Waals surface area (Å²) in [6, 6.07) is 15.0. The van der Waals surface area contributed by atoms with Gasteiger partial charge in [-0.2, -0.15) is 4.98 Å². The van der Waals surface area contributed by atoms with Crippen molar-refractivity contribution in [3.8, 4) is 0 Å². The van der Waals surface area contributed by atoms with Crippen LogP contribution < -0.4 is 10.6 Å². The minimum Gasteiger partial charge on any atom is -0.367 e. The fraction of sp³-hybridized carbons (Fsp3) is 0.333. The Morgan fingerprint density at radius 1 is 0.964 bits per heavy atom. The third-order valence-electron chi connectivity index (χ3n) is 5.07. The first kappa shape index (κ1) is 18.7. The molecule has 0 unspecified atom stereocenters. The number of rotatable bonds is 5. The monoisotopic (exact) mass is 396 g/mol. The second-order valence-electron chi connectivity index (χ2n) is 7.32. The molecule has 0 bridgehead atoms. The number of para-hydroxylation sites is 1. The first-order valence-corrected chi connectivity index (χ1v) is 11.5. The van der Waals surface area contributed by atoms with Gasteiger partial charge in [-0.1, -0.05) is 37.5 Å². The minimum absolute atomic E-state index is 0.263. The molecule has 146 valence electrons. The summed E-state index contributed by atoms with van der Waals surface area (Å²) in [4.78, 5) is 9.57. The fourth-order valence-corrected chi connectivity index (χ4v) is 4.28. The molecule has 1 heterocycles. The molecule has 1 aromatic heterocycles. The highest BCUT2D eigenvalue weighted by Crippen LogP contribution is 2.27. The summed E-state index contributed by atoms with van der Waals surface area (Å²) in [7, 11) is -3.27. The van der Waals surface area contributed by atoms with Crippen LogP contribution in [0.25, 0.3) is 10.9 Å². The van der Waals surface area contributed by atoms with Gasteiger partial charge in [0.15, 0.2) is 9.84 Å². The number of hydrogen-bond donors (Lipinski definition) is 2. The van der Waals surface area contributed by atoms with Crippen molar-refractivity contribution in [3.05, 3.63) is 48.5 Å². The second-order valence-corrected chi connectivity index (χ2v) is 9.33. The standard InChI is InChI=1S/C21H24N4O2S/c1-28(26,27)17-11-7-10-16(14-17)23-21-24-19-13-6-5-12-18(19)20(25-21)22-15-8-3-2-4-9-15/h5-7,10-15H,2-4,8-9H2,1H3,(H2,22,23,24,25). The summed E-state index contributed by atoms with van der Waals surface area (Å²) in [5, 5.41) is 7.75. The number of sulfone groups is 1. The van der Waals surface area contributed by atoms with E-state index in [2.05, 4.69) is 15.6 Å². The number of nitrogens with zero attached hydrogens (tertiary/aromatic N) is 2. The molecule has 1 fully saturated rings. The molecule has 0 radical (unpaired) electrons. The zero-order valence-corrected chi connectivity index (χ0v) is 16.7. The van der Waals surface area contributed by atoms with Gasteiger partial charge < -0.3 is 10.6 Å². The van der Waals surface area contributed by atoms with E-state index >= 15 is 0 Å². The number of aromatic nitrogens is 2. The second kappa shape index (κ2) is 7.75. The Bertz CT molecular complexity index is 1090. The van der Waals surface area contributed by atoms with Gasteiger partial charge in [0.05, 0.1) is 10.4 Å². The summed E-state index contributed by atoms with van der Waals surface area (Å²) in [6.45, 7) is 0. The Kier molecular flexibility index (Phi) is 5.17. The van der Waals surface area contributed by atoms with Gasteiger partial charge >= 0.3 is 0 Å². The highest BCUT2D eigenvalue weighted by atomic mass is 32.2. The molecule has 28 heavy (non-hydrogen) atoms. The zero-order chi connectivity index (χ0) is 19.6. The maximum absolute atomic E-state index is 11.8. The van der Waals surface area contributed by atoms with Crippen molar-refractivity contribution in [2.45, 2.75) is 43.0 Å². The van der Waals surface area contributed by atoms with Crippen molar-refractivity contribution in [2.24, 2.45) is 0 Å². The molecule has 1 saturated carbocycles. The molecule has 0 spiro atoms. The predicted molar refractivity (Wildman–Crippen MR) is 113 cm³/mol. The molecule has 1 aliphatic rings. The number of nitrogens with one attached hydrogen (secondary N) is 2. The summed E-state index contributed by atoms with van der Waals surface area (Å²) < 4.78 is 23.6. The average Bonchev–Trinajstić information content (AvgIpc) is 2.68. The van der Waals surface area contributed by atoms with E-state index in [-0.39, 0.29) is 4.90 Å². The molecule has 3 aromatic rings. The zero-order valence-electron chi connectivity index (χ0n) is 15.9. The number of benzene rings is 2. The van der Waals surface area contributed by atoms with Crippen molar-refractivity contribution < 1.29 is 8.42 Å². The largest absolute Gasteiger partial charge is 0.367 e. The Labute approximate surface area is 165 Å². The maximum Gasteiger partial charge on any atom is 0.229 e. The number of fused-ring (bicyclic) bond motifs is 1. The molecule has 2 aromatic carbocycles. The molecule has 4 rings (SSSR count). The first-order valence-electron chi connectivity index (χ1n) is 9.59. The maximum atomic E-state index is 11.8. The van der Waals surface area contributed by atoms with Gasteiger partial charge in [-0.3, -0.25) is 0 Å². The van der Waals surface area contributed by atoms with E-state index < -0.39 is 9.84 Å². The Hall–Kier alpha value is -2.67. The van der Waals surface area contributed by atoms with Crippen LogP contribution in [-0.4, -0.2) is 30.7 Å². The molecule has 0 aliphatic heterocycles. The highest BCUT2D eigenvalue weighted by molar-refractivity contribution is 7.90. The lowest BCUT2D eigenvalue weighted by molar-refractivity contribution is 0.462. The van der Waals surface area contributed by atoms with Gasteiger partial charge in [0, 0.05) is 23.4 Å². The van der Waals surface area contributed by atoms with Crippen LogP contribution in [0.4, 0.5) is 17.5 Å². The first-order chi connectivity index (χ1) is 13.5. The van der Waals surface area contributed by atoms with Crippen LogP contribution in [0, 0.1) is 0 Å². The van der Waals surface area contributed by atoms with Crippen LogP contribution in [0.1, 0.15) is 32.1 Å². The van der Waals surface area contributed by atoms with E-state index in [9.17, 15) is 8.42 Å². The van der Waals surface area contributed by atoms with Crippen molar-refractivity contribution >= 4 is 38.2 Å². The number of hydrogen-bond acceptors (Lipinski definition) is 6. The Morgan fingerprint density at radius 2 is 1.75 bits per heavy atom. The molecular formula is C21H24N4O2S. The molecule has 7 heteroatoms. The SMILES string of the molecule is CS(=O)(=O)c1cccc(Nc2nc(NC3CCCCC3)c3ccccc3n2)c1. The van der Waals surface area contributed by atoms with Gasteiger partial charge in [0.25, 0.3) is 0 Å². The summed E-state index contributed by atoms with van der Waals surface area (Å²) in [5.74, 6) is 1.27. The van der Waals surface area contributed by atoms with Crippen LogP contribution >= 0.6 is 0 Å². The molecule has 2 N–H and O–H groups in total. The third-order valence-corrected chi connectivity index (χ3v) is 6.18. The summed E-state index contributed by atoms with van der Waals surface area (Å²) in [6.07, 6.45) is 7.28. The van der Waals surface area contributed by atoms with E-state index in [1.807, 2.05) is 30.3 Å². The van der Waals surface area contributed by atoms with Crippen molar-refractivity contribution in [2.75, 3.05) is 16.9 Å². The van der Waals surface area contributed by atoms with Gasteiger partial charge in [0.1, 0.15) is 5.82 Å². The van der Waals surface area contributed by atoms with Gasteiger partial charge in [-0.15, -0.1) is 0 Å². The van der Waals surface area contributed by atoms with E-state index in [4.69, 9.17) is 4.98 Å². The minimum atomic E-state index is -3.27.